The van der Waals surface area contributed by atoms with Crippen LogP contribution in [0.3, 0.4) is 0 Å². The molecule has 2 aliphatic heterocycles. The Labute approximate surface area is 136 Å². The van der Waals surface area contributed by atoms with E-state index in [0.717, 1.165) is 35.4 Å². The lowest BCUT2D eigenvalue weighted by Gasteiger charge is -2.30. The monoisotopic (exact) mass is 313 g/mol. The van der Waals surface area contributed by atoms with Crippen LogP contribution in [0.4, 0.5) is 0 Å². The number of amides is 1. The fourth-order valence-corrected chi connectivity index (χ4v) is 3.95. The average molecular weight is 313 g/mol. The number of piperidine rings is 1. The van der Waals surface area contributed by atoms with E-state index in [1.807, 2.05) is 6.07 Å². The fourth-order valence-electron chi connectivity index (χ4n) is 3.95. The highest BCUT2D eigenvalue weighted by molar-refractivity contribution is 5.96. The van der Waals surface area contributed by atoms with E-state index in [9.17, 15) is 4.79 Å². The summed E-state index contributed by atoms with van der Waals surface area (Å²) >= 11 is 0. The fraction of sp³-hybridized carbons (Fsp3) is 0.556. The van der Waals surface area contributed by atoms with E-state index in [0.29, 0.717) is 11.6 Å². The van der Waals surface area contributed by atoms with Crippen molar-refractivity contribution in [3.05, 3.63) is 29.8 Å². The minimum atomic E-state index is -0.0738. The molecule has 5 nitrogen and oxygen atoms in total. The van der Waals surface area contributed by atoms with Crippen LogP contribution in [0.15, 0.2) is 22.9 Å². The normalized spacial score (nSPS) is 26.8. The largest absolute Gasteiger partial charge is 0.462 e. The Hall–Kier alpha value is -1.88. The molecular weight excluding hydrogens is 290 g/mol. The predicted molar refractivity (Wildman–Crippen MR) is 88.5 cm³/mol. The van der Waals surface area contributed by atoms with E-state index in [-0.39, 0.29) is 11.9 Å². The first-order chi connectivity index (χ1) is 11.1. The molecule has 1 amide bonds. The zero-order valence-electron chi connectivity index (χ0n) is 13.7. The second kappa shape index (κ2) is 5.64. The lowest BCUT2D eigenvalue weighted by Crippen LogP contribution is -2.47. The molecule has 0 aromatic carbocycles. The van der Waals surface area contributed by atoms with E-state index in [2.05, 4.69) is 29.0 Å². The van der Waals surface area contributed by atoms with Crippen LogP contribution in [-0.2, 0) is 0 Å². The molecule has 3 unspecified atom stereocenters. The van der Waals surface area contributed by atoms with Crippen LogP contribution in [0.2, 0.25) is 0 Å². The molecule has 4 heterocycles. The van der Waals surface area contributed by atoms with Crippen LogP contribution in [0, 0.1) is 5.92 Å². The summed E-state index contributed by atoms with van der Waals surface area (Å²) < 4.78 is 5.53. The third-order valence-electron chi connectivity index (χ3n) is 5.15. The van der Waals surface area contributed by atoms with Gasteiger partial charge in [0.1, 0.15) is 5.69 Å². The second-order valence-electron chi connectivity index (χ2n) is 7.23. The molecule has 0 aliphatic carbocycles. The van der Waals surface area contributed by atoms with Gasteiger partial charge >= 0.3 is 0 Å². The summed E-state index contributed by atoms with van der Waals surface area (Å²) in [5.41, 5.74) is 2.35. The Kier molecular flexibility index (Phi) is 3.60. The number of carbonyl (C=O) groups is 1. The highest BCUT2D eigenvalue weighted by atomic mass is 16.3. The Morgan fingerprint density at radius 2 is 2.30 bits per heavy atom. The minimum absolute atomic E-state index is 0.0738. The molecule has 2 aromatic rings. The third kappa shape index (κ3) is 2.74. The second-order valence-corrected chi connectivity index (χ2v) is 7.23. The summed E-state index contributed by atoms with van der Waals surface area (Å²) in [5, 5.41) is 4.16. The van der Waals surface area contributed by atoms with Crippen molar-refractivity contribution in [2.45, 2.75) is 38.6 Å². The van der Waals surface area contributed by atoms with Gasteiger partial charge in [-0.25, -0.2) is 4.98 Å². The molecule has 2 bridgehead atoms. The lowest BCUT2D eigenvalue weighted by molar-refractivity contribution is 0.0904. The summed E-state index contributed by atoms with van der Waals surface area (Å²) in [6, 6.07) is 2.11. The molecule has 1 N–H and O–H groups in total. The van der Waals surface area contributed by atoms with Crippen LogP contribution in [0.1, 0.15) is 48.7 Å². The molecule has 0 saturated carbocycles. The van der Waals surface area contributed by atoms with Crippen molar-refractivity contribution < 1.29 is 9.21 Å². The number of carbonyl (C=O) groups excluding carboxylic acids is 1. The first kappa shape index (κ1) is 14.7. The molecule has 3 atom stereocenters. The number of hydrogen-bond acceptors (Lipinski definition) is 4. The quantitative estimate of drug-likeness (QED) is 0.946. The molecule has 0 radical (unpaired) electrons. The van der Waals surface area contributed by atoms with E-state index >= 15 is 0 Å². The molecule has 122 valence electrons. The first-order valence-corrected chi connectivity index (χ1v) is 8.50. The van der Waals surface area contributed by atoms with Gasteiger partial charge in [0, 0.05) is 30.1 Å². The third-order valence-corrected chi connectivity index (χ3v) is 5.15. The summed E-state index contributed by atoms with van der Waals surface area (Å²) in [4.78, 5) is 19.3. The van der Waals surface area contributed by atoms with Crippen molar-refractivity contribution in [3.8, 4) is 0 Å². The standard InChI is InChI=1S/C18H23N3O2/c1-11(2)15-10-23-17-7-19-16(6-14(15)17)18(22)20-13-5-12-3-4-21(8-12)9-13/h6-7,10-13H,3-5,8-9H2,1-2H3,(H,20,22). The van der Waals surface area contributed by atoms with Crippen LogP contribution in [0.25, 0.3) is 11.0 Å². The van der Waals surface area contributed by atoms with Crippen molar-refractivity contribution in [1.29, 1.82) is 0 Å². The first-order valence-electron chi connectivity index (χ1n) is 8.50. The van der Waals surface area contributed by atoms with E-state index in [4.69, 9.17) is 4.42 Å². The van der Waals surface area contributed by atoms with Crippen LogP contribution >= 0.6 is 0 Å². The molecular formula is C18H23N3O2. The number of fused-ring (bicyclic) bond motifs is 3. The smallest absolute Gasteiger partial charge is 0.270 e. The van der Waals surface area contributed by atoms with Crippen LogP contribution < -0.4 is 5.32 Å². The molecule has 0 spiro atoms. The highest BCUT2D eigenvalue weighted by Crippen LogP contribution is 2.28. The summed E-state index contributed by atoms with van der Waals surface area (Å²) in [7, 11) is 0. The predicted octanol–water partition coefficient (Wildman–Crippen LogP) is 2.78. The maximum atomic E-state index is 12.6. The van der Waals surface area contributed by atoms with Gasteiger partial charge in [0.15, 0.2) is 5.58 Å². The van der Waals surface area contributed by atoms with Gasteiger partial charge in [-0.15, -0.1) is 0 Å². The average Bonchev–Trinajstić information content (AvgIpc) is 3.09. The molecule has 2 aromatic heterocycles. The van der Waals surface area contributed by atoms with Gasteiger partial charge in [-0.2, -0.15) is 0 Å². The van der Waals surface area contributed by atoms with E-state index in [1.165, 1.54) is 19.5 Å². The maximum absolute atomic E-state index is 12.6. The summed E-state index contributed by atoms with van der Waals surface area (Å²) in [6.45, 7) is 7.58. The molecule has 5 heteroatoms. The molecule has 23 heavy (non-hydrogen) atoms. The van der Waals surface area contributed by atoms with Gasteiger partial charge in [-0.05, 0) is 37.3 Å². The maximum Gasteiger partial charge on any atom is 0.270 e. The van der Waals surface area contributed by atoms with Crippen molar-refractivity contribution in [1.82, 2.24) is 15.2 Å². The van der Waals surface area contributed by atoms with Gasteiger partial charge in [0.05, 0.1) is 12.5 Å². The van der Waals surface area contributed by atoms with Crippen LogP contribution in [0.5, 0.6) is 0 Å². The Morgan fingerprint density at radius 1 is 1.43 bits per heavy atom. The van der Waals surface area contributed by atoms with Crippen LogP contribution in [-0.4, -0.2) is 41.5 Å². The van der Waals surface area contributed by atoms with E-state index in [1.54, 1.807) is 12.5 Å². The zero-order valence-corrected chi connectivity index (χ0v) is 13.7. The van der Waals surface area contributed by atoms with Gasteiger partial charge < -0.3 is 14.6 Å². The summed E-state index contributed by atoms with van der Waals surface area (Å²) in [6.07, 6.45) is 5.78. The Balaban J connectivity index is 1.54. The number of aromatic nitrogens is 1. The van der Waals surface area contributed by atoms with Gasteiger partial charge in [0.25, 0.3) is 5.91 Å². The number of rotatable bonds is 3. The van der Waals surface area contributed by atoms with Gasteiger partial charge in [0.2, 0.25) is 0 Å². The number of hydrogen-bond donors (Lipinski definition) is 1. The van der Waals surface area contributed by atoms with Gasteiger partial charge in [-0.1, -0.05) is 13.8 Å². The molecule has 2 fully saturated rings. The number of furan rings is 1. The SMILES string of the molecule is CC(C)c1coc2cnc(C(=O)NC3CC4CCN(C4)C3)cc12. The number of nitrogens with one attached hydrogen (secondary N) is 1. The number of pyridine rings is 1. The van der Waals surface area contributed by atoms with E-state index < -0.39 is 0 Å². The highest BCUT2D eigenvalue weighted by Gasteiger charge is 2.33. The van der Waals surface area contributed by atoms with Crippen molar-refractivity contribution in [2.24, 2.45) is 5.92 Å². The number of nitrogens with zero attached hydrogens (tertiary/aromatic N) is 2. The summed E-state index contributed by atoms with van der Waals surface area (Å²) in [5.74, 6) is 1.03. The Morgan fingerprint density at radius 3 is 3.09 bits per heavy atom. The topological polar surface area (TPSA) is 58.4 Å². The minimum Gasteiger partial charge on any atom is -0.462 e. The molecule has 2 aliphatic rings. The van der Waals surface area contributed by atoms with Gasteiger partial charge in [-0.3, -0.25) is 4.79 Å². The van der Waals surface area contributed by atoms with Crippen molar-refractivity contribution in [3.63, 3.8) is 0 Å². The lowest BCUT2D eigenvalue weighted by atomic mass is 9.96. The Bertz CT molecular complexity index is 725. The van der Waals surface area contributed by atoms with Crippen molar-refractivity contribution in [2.75, 3.05) is 19.6 Å². The van der Waals surface area contributed by atoms with Crippen molar-refractivity contribution >= 4 is 16.9 Å². The molecule has 4 rings (SSSR count). The zero-order chi connectivity index (χ0) is 16.0. The molecule has 2 saturated heterocycles.